The average molecular weight is 229 g/mol. The zero-order valence-electron chi connectivity index (χ0n) is 9.92. The molecule has 2 aliphatic rings. The van der Waals surface area contributed by atoms with Crippen LogP contribution >= 0.6 is 0 Å². The normalized spacial score (nSPS) is 43.4. The number of hydrogen-bond donors (Lipinski definition) is 1. The first-order chi connectivity index (χ1) is 7.60. The van der Waals surface area contributed by atoms with Gasteiger partial charge in [0.25, 0.3) is 0 Å². The molecule has 0 spiro atoms. The lowest BCUT2D eigenvalue weighted by Crippen LogP contribution is -2.53. The van der Waals surface area contributed by atoms with E-state index in [2.05, 4.69) is 4.90 Å². The summed E-state index contributed by atoms with van der Waals surface area (Å²) >= 11 is 0. The van der Waals surface area contributed by atoms with Gasteiger partial charge in [0, 0.05) is 19.2 Å². The number of rotatable bonds is 2. The van der Waals surface area contributed by atoms with E-state index in [1.807, 2.05) is 7.05 Å². The summed E-state index contributed by atoms with van der Waals surface area (Å²) in [5.74, 6) is -0.758. The first-order valence-electron chi connectivity index (χ1n) is 5.60. The third kappa shape index (κ3) is 1.63. The SMILES string of the molecule is COC(=O)[C@H]1[C@H](O)C[C@H]2[C@H](OC)C[C@@H]1N2C. The third-order valence-corrected chi connectivity index (χ3v) is 4.04. The molecule has 0 aromatic carbocycles. The van der Waals surface area contributed by atoms with Gasteiger partial charge in [-0.2, -0.15) is 0 Å². The largest absolute Gasteiger partial charge is 0.469 e. The smallest absolute Gasteiger partial charge is 0.312 e. The molecule has 2 heterocycles. The van der Waals surface area contributed by atoms with Crippen LogP contribution in [0.5, 0.6) is 0 Å². The molecule has 2 saturated heterocycles. The molecule has 0 unspecified atom stereocenters. The van der Waals surface area contributed by atoms with Crippen molar-refractivity contribution in [1.29, 1.82) is 0 Å². The van der Waals surface area contributed by atoms with Crippen LogP contribution < -0.4 is 0 Å². The van der Waals surface area contributed by atoms with Crippen molar-refractivity contribution < 1.29 is 19.4 Å². The van der Waals surface area contributed by atoms with Crippen molar-refractivity contribution in [2.75, 3.05) is 21.3 Å². The number of aliphatic hydroxyl groups is 1. The highest BCUT2D eigenvalue weighted by atomic mass is 16.5. The Labute approximate surface area is 95.3 Å². The first-order valence-corrected chi connectivity index (χ1v) is 5.60. The second kappa shape index (κ2) is 4.31. The second-order valence-electron chi connectivity index (χ2n) is 4.66. The number of nitrogens with zero attached hydrogens (tertiary/aromatic N) is 1. The predicted molar refractivity (Wildman–Crippen MR) is 56.9 cm³/mol. The first kappa shape index (κ1) is 11.8. The zero-order valence-corrected chi connectivity index (χ0v) is 9.92. The fourth-order valence-corrected chi connectivity index (χ4v) is 3.14. The van der Waals surface area contributed by atoms with Crippen LogP contribution in [-0.2, 0) is 14.3 Å². The number of ether oxygens (including phenoxy) is 2. The Morgan fingerprint density at radius 3 is 2.56 bits per heavy atom. The van der Waals surface area contributed by atoms with E-state index in [1.165, 1.54) is 7.11 Å². The van der Waals surface area contributed by atoms with Gasteiger partial charge in [0.2, 0.25) is 0 Å². The highest BCUT2D eigenvalue weighted by molar-refractivity contribution is 5.74. The Hall–Kier alpha value is -0.650. The molecule has 0 saturated carbocycles. The molecule has 0 aliphatic carbocycles. The molecule has 2 rings (SSSR count). The van der Waals surface area contributed by atoms with Crippen LogP contribution in [0.25, 0.3) is 0 Å². The van der Waals surface area contributed by atoms with Gasteiger partial charge >= 0.3 is 5.97 Å². The number of aliphatic hydroxyl groups excluding tert-OH is 1. The summed E-state index contributed by atoms with van der Waals surface area (Å²) in [7, 11) is 5.03. The molecular weight excluding hydrogens is 210 g/mol. The number of fused-ring (bicyclic) bond motifs is 2. The molecule has 0 aromatic heterocycles. The van der Waals surface area contributed by atoms with Crippen molar-refractivity contribution in [3.8, 4) is 0 Å². The number of piperidine rings is 1. The Kier molecular flexibility index (Phi) is 3.19. The summed E-state index contributed by atoms with van der Waals surface area (Å²) < 4.78 is 10.2. The molecule has 1 N–H and O–H groups in total. The van der Waals surface area contributed by atoms with Crippen molar-refractivity contribution in [2.24, 2.45) is 5.92 Å². The van der Waals surface area contributed by atoms with Crippen molar-refractivity contribution >= 4 is 5.97 Å². The monoisotopic (exact) mass is 229 g/mol. The van der Waals surface area contributed by atoms with E-state index in [0.29, 0.717) is 6.42 Å². The van der Waals surface area contributed by atoms with E-state index in [-0.39, 0.29) is 24.2 Å². The quantitative estimate of drug-likeness (QED) is 0.655. The molecular formula is C11H19NO4. The Bertz CT molecular complexity index is 283. The maximum Gasteiger partial charge on any atom is 0.312 e. The topological polar surface area (TPSA) is 59.0 Å². The van der Waals surface area contributed by atoms with E-state index >= 15 is 0 Å². The van der Waals surface area contributed by atoms with Gasteiger partial charge in [-0.25, -0.2) is 0 Å². The highest BCUT2D eigenvalue weighted by Crippen LogP contribution is 2.39. The van der Waals surface area contributed by atoms with Crippen molar-refractivity contribution in [3.63, 3.8) is 0 Å². The summed E-state index contributed by atoms with van der Waals surface area (Å²) in [6, 6.07) is 0.247. The Morgan fingerprint density at radius 2 is 2.00 bits per heavy atom. The van der Waals surface area contributed by atoms with Gasteiger partial charge in [-0.3, -0.25) is 9.69 Å². The third-order valence-electron chi connectivity index (χ3n) is 4.04. The van der Waals surface area contributed by atoms with Gasteiger partial charge in [-0.1, -0.05) is 0 Å². The number of carbonyl (C=O) groups is 1. The Balaban J connectivity index is 2.21. The molecule has 5 atom stereocenters. The number of hydrogen-bond acceptors (Lipinski definition) is 5. The van der Waals surface area contributed by atoms with E-state index in [9.17, 15) is 9.90 Å². The van der Waals surface area contributed by atoms with E-state index in [1.54, 1.807) is 7.11 Å². The van der Waals surface area contributed by atoms with Gasteiger partial charge in [-0.05, 0) is 19.9 Å². The zero-order chi connectivity index (χ0) is 11.9. The van der Waals surface area contributed by atoms with Crippen LogP contribution in [0.3, 0.4) is 0 Å². The van der Waals surface area contributed by atoms with Gasteiger partial charge in [0.05, 0.1) is 25.2 Å². The summed E-state index contributed by atoms with van der Waals surface area (Å²) in [6.45, 7) is 0. The lowest BCUT2D eigenvalue weighted by Gasteiger charge is -2.39. The minimum atomic E-state index is -0.612. The van der Waals surface area contributed by atoms with Crippen molar-refractivity contribution in [1.82, 2.24) is 4.90 Å². The molecule has 2 fully saturated rings. The van der Waals surface area contributed by atoms with Crippen LogP contribution in [0, 0.1) is 5.92 Å². The minimum Gasteiger partial charge on any atom is -0.469 e. The number of esters is 1. The standard InChI is InChI=1S/C11H19NO4/c1-12-6-4-8(13)10(11(14)16-3)7(12)5-9(6)15-2/h6-10,13H,4-5H2,1-3H3/t6-,7-,8+,9+,10+/m0/s1. The Morgan fingerprint density at radius 1 is 1.31 bits per heavy atom. The lowest BCUT2D eigenvalue weighted by atomic mass is 9.88. The lowest BCUT2D eigenvalue weighted by molar-refractivity contribution is -0.155. The van der Waals surface area contributed by atoms with Gasteiger partial charge in [0.1, 0.15) is 0 Å². The summed E-state index contributed by atoms with van der Waals surface area (Å²) in [5, 5.41) is 10.00. The molecule has 0 aromatic rings. The van der Waals surface area contributed by atoms with Crippen molar-refractivity contribution in [2.45, 2.75) is 37.1 Å². The van der Waals surface area contributed by atoms with E-state index in [4.69, 9.17) is 9.47 Å². The van der Waals surface area contributed by atoms with Crippen LogP contribution in [0.2, 0.25) is 0 Å². The number of likely N-dealkylation sites (N-methyl/N-ethyl adjacent to an activating group) is 1. The average Bonchev–Trinajstić information content (AvgIpc) is 2.48. The molecule has 0 amide bonds. The molecule has 16 heavy (non-hydrogen) atoms. The highest BCUT2D eigenvalue weighted by Gasteiger charge is 2.53. The van der Waals surface area contributed by atoms with Crippen molar-refractivity contribution in [3.05, 3.63) is 0 Å². The molecule has 0 radical (unpaired) electrons. The summed E-state index contributed by atoms with van der Waals surface area (Å²) in [5.41, 5.74) is 0. The van der Waals surface area contributed by atoms with Gasteiger partial charge in [-0.15, -0.1) is 0 Å². The van der Waals surface area contributed by atoms with Crippen LogP contribution in [0.1, 0.15) is 12.8 Å². The van der Waals surface area contributed by atoms with Crippen LogP contribution in [0.4, 0.5) is 0 Å². The molecule has 2 bridgehead atoms. The van der Waals surface area contributed by atoms with E-state index in [0.717, 1.165) is 6.42 Å². The van der Waals surface area contributed by atoms with Crippen LogP contribution in [0.15, 0.2) is 0 Å². The van der Waals surface area contributed by atoms with Crippen LogP contribution in [-0.4, -0.2) is 61.5 Å². The minimum absolute atomic E-state index is 0.0335. The van der Waals surface area contributed by atoms with Gasteiger partial charge in [0.15, 0.2) is 0 Å². The maximum absolute atomic E-state index is 11.7. The fourth-order valence-electron chi connectivity index (χ4n) is 3.14. The molecule has 5 heteroatoms. The summed E-state index contributed by atoms with van der Waals surface area (Å²) in [6.07, 6.45) is 0.859. The molecule has 2 aliphatic heterocycles. The number of carbonyl (C=O) groups excluding carboxylic acids is 1. The van der Waals surface area contributed by atoms with E-state index < -0.39 is 12.0 Å². The molecule has 92 valence electrons. The predicted octanol–water partition coefficient (Wildman–Crippen LogP) is -0.372. The van der Waals surface area contributed by atoms with Gasteiger partial charge < -0.3 is 14.6 Å². The summed E-state index contributed by atoms with van der Waals surface area (Å²) in [4.78, 5) is 13.8. The maximum atomic E-state index is 11.7. The fraction of sp³-hybridized carbons (Fsp3) is 0.909. The molecule has 5 nitrogen and oxygen atoms in total. The second-order valence-corrected chi connectivity index (χ2v) is 4.66. The number of methoxy groups -OCH3 is 2.